The summed E-state index contributed by atoms with van der Waals surface area (Å²) in [5.74, 6) is -39.2. The summed E-state index contributed by atoms with van der Waals surface area (Å²) in [6.07, 6.45) is -13.7. The SMILES string of the molecule is O=C(O)c1cc(O)c(O)c(Oc2c(C(=O)OC3C(OC(=O)c4cc(O)c(O)c(O)c4)OC4COC(=O)c5cc(O)c(O)c(O)c5-c5c(cc(O)c(O)c5O)C(=O)OC4C3OC(=O)c3cc(O)c(O)c(O)c3O)cc(O)c(O)c2O)c1. The number of hydrogen-bond donors (Lipinski definition) is 19. The number of rotatable bonds is 9. The van der Waals surface area contributed by atoms with Crippen LogP contribution in [0.2, 0.25) is 0 Å². The maximum absolute atomic E-state index is 14.7. The van der Waals surface area contributed by atoms with Crippen molar-refractivity contribution in [2.24, 2.45) is 0 Å². The molecule has 8 rings (SSSR count). The van der Waals surface area contributed by atoms with E-state index >= 15 is 0 Å². The minimum atomic E-state index is -2.92. The quantitative estimate of drug-likeness (QED) is 0.0427. The van der Waals surface area contributed by atoms with Gasteiger partial charge in [0.15, 0.2) is 87.0 Å². The van der Waals surface area contributed by atoms with Crippen LogP contribution >= 0.6 is 0 Å². The minimum absolute atomic E-state index is 0.238. The Balaban J connectivity index is 1.36. The topological polar surface area (TPSA) is 551 Å². The lowest BCUT2D eigenvalue weighted by atomic mass is 9.92. The number of carbonyl (C=O) groups is 6. The molecule has 418 valence electrons. The van der Waals surface area contributed by atoms with E-state index in [1.54, 1.807) is 0 Å². The highest BCUT2D eigenvalue weighted by molar-refractivity contribution is 6.08. The summed E-state index contributed by atoms with van der Waals surface area (Å²) in [6.45, 7) is -1.43. The third kappa shape index (κ3) is 9.41. The molecule has 32 nitrogen and oxygen atoms in total. The molecule has 6 aromatic rings. The Hall–Kier alpha value is -11.7. The van der Waals surface area contributed by atoms with Crippen molar-refractivity contribution in [2.45, 2.75) is 30.7 Å². The van der Waals surface area contributed by atoms with Gasteiger partial charge >= 0.3 is 35.8 Å². The molecule has 80 heavy (non-hydrogen) atoms. The third-order valence-electron chi connectivity index (χ3n) is 11.8. The standard InChI is InChI=1S/C48H34O32/c49-16-2-11(3-17(50)28(16)57)43(69)80-48-41(79-47(73)15-8-22(55)33(62)37(66)38(15)75-23-4-10(42(67)68)1-18(51)29(23)58)40(78-46(72)14-7-21(54)32(61)36(65)27(14)56)39-24(76-48)9-74-44(70)12-5-19(52)30(59)34(63)25(12)26-13(45(71)77-39)6-20(53)31(60)35(26)64/h1-8,24,39-41,48-66H,9H2,(H,67,68). The fourth-order valence-electron chi connectivity index (χ4n) is 7.90. The van der Waals surface area contributed by atoms with Crippen LogP contribution in [0.15, 0.2) is 48.5 Å². The fraction of sp³-hybridized carbons (Fsp3) is 0.125. The summed E-state index contributed by atoms with van der Waals surface area (Å²) in [5, 5.41) is 199. The average molecular weight is 1120 g/mol. The first-order valence-corrected chi connectivity index (χ1v) is 21.7. The number of cyclic esters (lactones) is 1. The van der Waals surface area contributed by atoms with Gasteiger partial charge in [-0.2, -0.15) is 0 Å². The zero-order chi connectivity index (χ0) is 58.8. The number of esters is 5. The molecule has 0 bridgehead atoms. The molecule has 5 unspecified atom stereocenters. The Morgan fingerprint density at radius 3 is 1.48 bits per heavy atom. The number of phenolic OH excluding ortho intramolecular Hbond substituents is 18. The van der Waals surface area contributed by atoms with Crippen LogP contribution in [-0.4, -0.2) is 170 Å². The molecule has 2 aliphatic heterocycles. The molecule has 2 aliphatic rings. The van der Waals surface area contributed by atoms with Crippen LogP contribution in [-0.2, 0) is 28.4 Å². The number of aromatic carboxylic acids is 1. The Kier molecular flexibility index (Phi) is 13.7. The zero-order valence-corrected chi connectivity index (χ0v) is 39.0. The van der Waals surface area contributed by atoms with Crippen molar-refractivity contribution in [3.8, 4) is 126 Å². The second-order valence-corrected chi connectivity index (χ2v) is 16.8. The maximum atomic E-state index is 14.7. The molecule has 0 saturated carbocycles. The second-order valence-electron chi connectivity index (χ2n) is 16.8. The number of benzene rings is 6. The van der Waals surface area contributed by atoms with Crippen molar-refractivity contribution in [3.05, 3.63) is 81.9 Å². The van der Waals surface area contributed by atoms with Crippen molar-refractivity contribution >= 4 is 35.8 Å². The van der Waals surface area contributed by atoms with Crippen LogP contribution in [0.5, 0.6) is 115 Å². The molecule has 0 spiro atoms. The minimum Gasteiger partial charge on any atom is -0.504 e. The van der Waals surface area contributed by atoms with E-state index in [0.717, 1.165) is 0 Å². The van der Waals surface area contributed by atoms with Crippen molar-refractivity contribution in [1.82, 2.24) is 0 Å². The molecule has 0 amide bonds. The zero-order valence-electron chi connectivity index (χ0n) is 39.0. The molecule has 1 saturated heterocycles. The van der Waals surface area contributed by atoms with E-state index in [0.29, 0.717) is 36.4 Å². The Labute approximate surface area is 439 Å². The van der Waals surface area contributed by atoms with E-state index < -0.39 is 233 Å². The van der Waals surface area contributed by atoms with Crippen LogP contribution in [0.4, 0.5) is 0 Å². The van der Waals surface area contributed by atoms with Gasteiger partial charge in [0.1, 0.15) is 23.8 Å². The summed E-state index contributed by atoms with van der Waals surface area (Å²) < 4.78 is 38.9. The monoisotopic (exact) mass is 1120 g/mol. The number of carbonyl (C=O) groups excluding carboxylic acids is 5. The smallest absolute Gasteiger partial charge is 0.342 e. The molecule has 0 radical (unpaired) electrons. The molecular formula is C48H34O32. The number of hydrogen-bond acceptors (Lipinski definition) is 31. The summed E-state index contributed by atoms with van der Waals surface area (Å²) in [6, 6.07) is 3.12. The van der Waals surface area contributed by atoms with Gasteiger partial charge in [-0.05, 0) is 36.4 Å². The molecule has 2 heterocycles. The molecular weight excluding hydrogens is 1090 g/mol. The first-order chi connectivity index (χ1) is 37.5. The van der Waals surface area contributed by atoms with Gasteiger partial charge in [-0.15, -0.1) is 0 Å². The predicted octanol–water partition coefficient (Wildman–Crippen LogP) is 2.27. The Bertz CT molecular complexity index is 3650. The predicted molar refractivity (Wildman–Crippen MR) is 247 cm³/mol. The lowest BCUT2D eigenvalue weighted by Gasteiger charge is -2.43. The van der Waals surface area contributed by atoms with Crippen LogP contribution in [0.25, 0.3) is 11.1 Å². The number of fused-ring (bicyclic) bond motifs is 4. The van der Waals surface area contributed by atoms with Crippen molar-refractivity contribution in [3.63, 3.8) is 0 Å². The van der Waals surface area contributed by atoms with Crippen LogP contribution in [0, 0.1) is 0 Å². The number of carboxylic acid groups (broad SMARTS) is 1. The van der Waals surface area contributed by atoms with Gasteiger partial charge in [0.05, 0.1) is 22.3 Å². The molecule has 0 aliphatic carbocycles. The van der Waals surface area contributed by atoms with Gasteiger partial charge in [-0.25, -0.2) is 28.8 Å². The lowest BCUT2D eigenvalue weighted by molar-refractivity contribution is -0.282. The molecule has 5 atom stereocenters. The number of phenols is 18. The van der Waals surface area contributed by atoms with E-state index in [4.69, 9.17) is 33.2 Å². The van der Waals surface area contributed by atoms with Gasteiger partial charge in [0.2, 0.25) is 52.6 Å². The maximum Gasteiger partial charge on any atom is 0.342 e. The molecule has 32 heteroatoms. The normalized spacial score (nSPS) is 17.7. The molecule has 0 aromatic heterocycles. The van der Waals surface area contributed by atoms with E-state index in [1.807, 2.05) is 0 Å². The number of aromatic hydroxyl groups is 18. The van der Waals surface area contributed by atoms with E-state index in [1.165, 1.54) is 0 Å². The van der Waals surface area contributed by atoms with Crippen LogP contribution in [0.3, 0.4) is 0 Å². The van der Waals surface area contributed by atoms with Gasteiger partial charge < -0.3 is 130 Å². The van der Waals surface area contributed by atoms with Gasteiger partial charge in [0.25, 0.3) is 0 Å². The van der Waals surface area contributed by atoms with E-state index in [9.17, 15) is 126 Å². The first kappa shape index (κ1) is 54.6. The summed E-state index contributed by atoms with van der Waals surface area (Å²) in [7, 11) is 0. The Morgan fingerprint density at radius 2 is 0.900 bits per heavy atom. The van der Waals surface area contributed by atoms with Crippen molar-refractivity contribution < 1.29 is 159 Å². The average Bonchev–Trinajstić information content (AvgIpc) is 3.42. The van der Waals surface area contributed by atoms with E-state index in [2.05, 4.69) is 0 Å². The lowest BCUT2D eigenvalue weighted by Crippen LogP contribution is -2.63. The molecule has 6 aromatic carbocycles. The second kappa shape index (κ2) is 20.1. The van der Waals surface area contributed by atoms with Crippen LogP contribution < -0.4 is 4.74 Å². The van der Waals surface area contributed by atoms with Gasteiger partial charge in [-0.1, -0.05) is 0 Å². The largest absolute Gasteiger partial charge is 0.504 e. The van der Waals surface area contributed by atoms with Crippen LogP contribution in [0.1, 0.15) is 62.1 Å². The van der Waals surface area contributed by atoms with Gasteiger partial charge in [0, 0.05) is 23.3 Å². The highest BCUT2D eigenvalue weighted by Crippen LogP contribution is 2.54. The summed E-state index contributed by atoms with van der Waals surface area (Å²) >= 11 is 0. The third-order valence-corrected chi connectivity index (χ3v) is 11.8. The Morgan fingerprint density at radius 1 is 0.438 bits per heavy atom. The molecule has 19 N–H and O–H groups in total. The van der Waals surface area contributed by atoms with Crippen molar-refractivity contribution in [2.75, 3.05) is 6.61 Å². The molecule has 1 fully saturated rings. The fourth-order valence-corrected chi connectivity index (χ4v) is 7.90. The number of ether oxygens (including phenoxy) is 7. The number of carboxylic acids is 1. The highest BCUT2D eigenvalue weighted by Gasteiger charge is 2.56. The van der Waals surface area contributed by atoms with Gasteiger partial charge in [-0.3, -0.25) is 0 Å². The van der Waals surface area contributed by atoms with E-state index in [-0.39, 0.29) is 12.1 Å². The summed E-state index contributed by atoms with van der Waals surface area (Å²) in [4.78, 5) is 83.5. The summed E-state index contributed by atoms with van der Waals surface area (Å²) in [5.41, 5.74) is -9.11. The first-order valence-electron chi connectivity index (χ1n) is 21.7. The van der Waals surface area contributed by atoms with Crippen molar-refractivity contribution in [1.29, 1.82) is 0 Å². The highest BCUT2D eigenvalue weighted by atomic mass is 16.7.